The summed E-state index contributed by atoms with van der Waals surface area (Å²) in [5.74, 6) is 0.833. The van der Waals surface area contributed by atoms with Gasteiger partial charge in [0.1, 0.15) is 11.5 Å². The van der Waals surface area contributed by atoms with Crippen molar-refractivity contribution < 1.29 is 19.1 Å². The molecular weight excluding hydrogens is 346 g/mol. The molecule has 0 aliphatic heterocycles. The van der Waals surface area contributed by atoms with Crippen LogP contribution in [-0.2, 0) is 11.3 Å². The standard InChI is InChI=1S/C20H23N3O4/c1-14(22-23-20(25)15-8-10-17(26-2)11-9-15)12-19(24)21-13-16-6-4-5-7-18(16)27-3/h4-11H,12-13H2,1-3H3,(H,21,24)(H,23,25)/b22-14-. The molecule has 2 amide bonds. The third-order valence-electron chi connectivity index (χ3n) is 3.79. The molecule has 0 fully saturated rings. The van der Waals surface area contributed by atoms with Crippen LogP contribution in [0.4, 0.5) is 0 Å². The average molecular weight is 369 g/mol. The van der Waals surface area contributed by atoms with E-state index >= 15 is 0 Å². The summed E-state index contributed by atoms with van der Waals surface area (Å²) >= 11 is 0. The largest absolute Gasteiger partial charge is 0.497 e. The lowest BCUT2D eigenvalue weighted by Gasteiger charge is -2.09. The first-order valence-electron chi connectivity index (χ1n) is 8.39. The van der Waals surface area contributed by atoms with Crippen LogP contribution < -0.4 is 20.2 Å². The van der Waals surface area contributed by atoms with Gasteiger partial charge in [-0.15, -0.1) is 0 Å². The number of nitrogens with one attached hydrogen (secondary N) is 2. The molecule has 2 rings (SSSR count). The SMILES string of the molecule is COc1ccc(C(=O)N/N=C(/C)CC(=O)NCc2ccccc2OC)cc1. The molecule has 0 saturated carbocycles. The minimum absolute atomic E-state index is 0.0814. The van der Waals surface area contributed by atoms with E-state index in [-0.39, 0.29) is 18.2 Å². The zero-order valence-corrected chi connectivity index (χ0v) is 15.6. The van der Waals surface area contributed by atoms with Crippen LogP contribution in [0.15, 0.2) is 53.6 Å². The summed E-state index contributed by atoms with van der Waals surface area (Å²) in [5, 5.41) is 6.78. The number of methoxy groups -OCH3 is 2. The topological polar surface area (TPSA) is 89.0 Å². The Morgan fingerprint density at radius 1 is 1.00 bits per heavy atom. The monoisotopic (exact) mass is 369 g/mol. The van der Waals surface area contributed by atoms with E-state index in [4.69, 9.17) is 9.47 Å². The fourth-order valence-corrected chi connectivity index (χ4v) is 2.33. The maximum absolute atomic E-state index is 12.1. The van der Waals surface area contributed by atoms with E-state index in [0.717, 1.165) is 11.3 Å². The Bertz CT molecular complexity index is 816. The lowest BCUT2D eigenvalue weighted by Crippen LogP contribution is -2.26. The van der Waals surface area contributed by atoms with Gasteiger partial charge < -0.3 is 14.8 Å². The van der Waals surface area contributed by atoms with Crippen LogP contribution in [0, 0.1) is 0 Å². The molecule has 0 radical (unpaired) electrons. The van der Waals surface area contributed by atoms with E-state index in [0.29, 0.717) is 23.6 Å². The zero-order chi connectivity index (χ0) is 19.6. The number of nitrogens with zero attached hydrogens (tertiary/aromatic N) is 1. The van der Waals surface area contributed by atoms with Crippen molar-refractivity contribution in [3.8, 4) is 11.5 Å². The summed E-state index contributed by atoms with van der Waals surface area (Å²) in [5.41, 5.74) is 4.27. The van der Waals surface area contributed by atoms with Gasteiger partial charge in [-0.1, -0.05) is 18.2 Å². The second-order valence-electron chi connectivity index (χ2n) is 5.78. The average Bonchev–Trinajstić information content (AvgIpc) is 2.70. The van der Waals surface area contributed by atoms with E-state index < -0.39 is 0 Å². The van der Waals surface area contributed by atoms with Crippen molar-refractivity contribution in [1.29, 1.82) is 0 Å². The van der Waals surface area contributed by atoms with Crippen LogP contribution in [0.3, 0.4) is 0 Å². The Balaban J connectivity index is 1.83. The van der Waals surface area contributed by atoms with E-state index in [9.17, 15) is 9.59 Å². The number of ether oxygens (including phenoxy) is 2. The third kappa shape index (κ3) is 6.14. The van der Waals surface area contributed by atoms with Gasteiger partial charge in [-0.25, -0.2) is 5.43 Å². The van der Waals surface area contributed by atoms with Crippen LogP contribution >= 0.6 is 0 Å². The summed E-state index contributed by atoms with van der Waals surface area (Å²) in [6, 6.07) is 14.1. The van der Waals surface area contributed by atoms with Gasteiger partial charge in [-0.05, 0) is 37.3 Å². The first kappa shape index (κ1) is 20.0. The minimum atomic E-state index is -0.355. The lowest BCUT2D eigenvalue weighted by molar-refractivity contribution is -0.120. The summed E-state index contributed by atoms with van der Waals surface area (Å²) in [4.78, 5) is 24.1. The molecular formula is C20H23N3O4. The van der Waals surface area contributed by atoms with Crippen LogP contribution in [0.1, 0.15) is 29.3 Å². The predicted molar refractivity (Wildman–Crippen MR) is 103 cm³/mol. The van der Waals surface area contributed by atoms with E-state index in [1.54, 1.807) is 45.4 Å². The second kappa shape index (κ2) is 9.96. The first-order valence-corrected chi connectivity index (χ1v) is 8.39. The highest BCUT2D eigenvalue weighted by Gasteiger charge is 2.08. The van der Waals surface area contributed by atoms with E-state index in [2.05, 4.69) is 15.8 Å². The summed E-state index contributed by atoms with van der Waals surface area (Å²) in [6.07, 6.45) is 0.0814. The Hall–Kier alpha value is -3.35. The molecule has 0 saturated heterocycles. The Labute approximate surface area is 158 Å². The van der Waals surface area contributed by atoms with E-state index in [1.807, 2.05) is 24.3 Å². The van der Waals surface area contributed by atoms with Crippen LogP contribution in [0.25, 0.3) is 0 Å². The fraction of sp³-hybridized carbons (Fsp3) is 0.250. The highest BCUT2D eigenvalue weighted by molar-refractivity contribution is 6.01. The molecule has 7 nitrogen and oxygen atoms in total. The van der Waals surface area contributed by atoms with Crippen LogP contribution in [-0.4, -0.2) is 31.7 Å². The molecule has 0 aromatic heterocycles. The molecule has 0 aliphatic carbocycles. The van der Waals surface area contributed by atoms with Crippen molar-refractivity contribution in [3.63, 3.8) is 0 Å². The number of amides is 2. The van der Waals surface area contributed by atoms with Crippen molar-refractivity contribution in [3.05, 3.63) is 59.7 Å². The molecule has 2 aromatic rings. The van der Waals surface area contributed by atoms with Gasteiger partial charge >= 0.3 is 0 Å². The first-order chi connectivity index (χ1) is 13.0. The Morgan fingerprint density at radius 2 is 1.70 bits per heavy atom. The normalized spacial score (nSPS) is 10.9. The number of para-hydroxylation sites is 1. The van der Waals surface area contributed by atoms with Gasteiger partial charge in [0, 0.05) is 23.4 Å². The minimum Gasteiger partial charge on any atom is -0.497 e. The Kier molecular flexibility index (Phi) is 7.37. The molecule has 0 bridgehead atoms. The highest BCUT2D eigenvalue weighted by atomic mass is 16.5. The molecule has 0 aliphatic rings. The van der Waals surface area contributed by atoms with Gasteiger partial charge in [-0.2, -0.15) is 5.10 Å². The molecule has 2 N–H and O–H groups in total. The maximum atomic E-state index is 12.1. The van der Waals surface area contributed by atoms with Crippen molar-refractivity contribution >= 4 is 17.5 Å². The zero-order valence-electron chi connectivity index (χ0n) is 15.6. The molecule has 7 heteroatoms. The molecule has 0 unspecified atom stereocenters. The quantitative estimate of drug-likeness (QED) is 0.553. The summed E-state index contributed by atoms with van der Waals surface area (Å²) < 4.78 is 10.3. The fourth-order valence-electron chi connectivity index (χ4n) is 2.33. The van der Waals surface area contributed by atoms with Gasteiger partial charge in [0.15, 0.2) is 0 Å². The maximum Gasteiger partial charge on any atom is 0.271 e. The molecule has 2 aromatic carbocycles. The van der Waals surface area contributed by atoms with Crippen molar-refractivity contribution in [2.24, 2.45) is 5.10 Å². The smallest absolute Gasteiger partial charge is 0.271 e. The predicted octanol–water partition coefficient (Wildman–Crippen LogP) is 2.52. The number of benzene rings is 2. The molecule has 0 heterocycles. The van der Waals surface area contributed by atoms with Gasteiger partial charge in [0.25, 0.3) is 5.91 Å². The number of carbonyl (C=O) groups is 2. The van der Waals surface area contributed by atoms with Gasteiger partial charge in [-0.3, -0.25) is 9.59 Å². The lowest BCUT2D eigenvalue weighted by atomic mass is 10.2. The number of carbonyl (C=O) groups excluding carboxylic acids is 2. The van der Waals surface area contributed by atoms with Crippen molar-refractivity contribution in [2.75, 3.05) is 14.2 Å². The number of hydrazone groups is 1. The number of hydrogen-bond donors (Lipinski definition) is 2. The molecule has 27 heavy (non-hydrogen) atoms. The molecule has 0 spiro atoms. The Morgan fingerprint density at radius 3 is 2.37 bits per heavy atom. The molecule has 142 valence electrons. The number of rotatable bonds is 8. The van der Waals surface area contributed by atoms with Crippen molar-refractivity contribution in [1.82, 2.24) is 10.7 Å². The van der Waals surface area contributed by atoms with Gasteiger partial charge in [0.05, 0.1) is 20.6 Å². The van der Waals surface area contributed by atoms with Crippen molar-refractivity contribution in [2.45, 2.75) is 19.9 Å². The summed E-state index contributed by atoms with van der Waals surface area (Å²) in [7, 11) is 3.14. The summed E-state index contributed by atoms with van der Waals surface area (Å²) in [6.45, 7) is 2.03. The second-order valence-corrected chi connectivity index (χ2v) is 5.78. The number of hydrogen-bond acceptors (Lipinski definition) is 5. The van der Waals surface area contributed by atoms with Crippen LogP contribution in [0.2, 0.25) is 0 Å². The van der Waals surface area contributed by atoms with E-state index in [1.165, 1.54) is 0 Å². The third-order valence-corrected chi connectivity index (χ3v) is 3.79. The van der Waals surface area contributed by atoms with Crippen LogP contribution in [0.5, 0.6) is 11.5 Å². The molecule has 0 atom stereocenters. The van der Waals surface area contributed by atoms with Gasteiger partial charge in [0.2, 0.25) is 5.91 Å². The highest BCUT2D eigenvalue weighted by Crippen LogP contribution is 2.16.